The zero-order valence-corrected chi connectivity index (χ0v) is 15.4. The lowest BCUT2D eigenvalue weighted by atomic mass is 10.1. The third kappa shape index (κ3) is 2.79. The number of fused-ring (bicyclic) bond motifs is 2. The van der Waals surface area contributed by atoms with Crippen LogP contribution >= 0.6 is 0 Å². The third-order valence-corrected chi connectivity index (χ3v) is 9.21. The van der Waals surface area contributed by atoms with E-state index in [9.17, 15) is 4.79 Å². The van der Waals surface area contributed by atoms with E-state index < -0.39 is 8.32 Å². The molecular formula is C19H23NO2Si. The molecule has 1 N–H and O–H groups in total. The molecular weight excluding hydrogens is 302 g/mol. The molecule has 0 spiro atoms. The average molecular weight is 325 g/mol. The van der Waals surface area contributed by atoms with Crippen molar-refractivity contribution in [2.75, 3.05) is 0 Å². The van der Waals surface area contributed by atoms with Crippen LogP contribution in [0.3, 0.4) is 0 Å². The van der Waals surface area contributed by atoms with Crippen LogP contribution in [0.2, 0.25) is 18.1 Å². The zero-order chi connectivity index (χ0) is 16.8. The fourth-order valence-electron chi connectivity index (χ4n) is 2.41. The van der Waals surface area contributed by atoms with Gasteiger partial charge in [-0.25, -0.2) is 0 Å². The van der Waals surface area contributed by atoms with Gasteiger partial charge in [-0.3, -0.25) is 4.79 Å². The van der Waals surface area contributed by atoms with Gasteiger partial charge >= 0.3 is 0 Å². The molecule has 0 saturated carbocycles. The van der Waals surface area contributed by atoms with E-state index in [0.29, 0.717) is 10.8 Å². The summed E-state index contributed by atoms with van der Waals surface area (Å²) in [6.07, 6.45) is 0. The Morgan fingerprint density at radius 2 is 1.61 bits per heavy atom. The minimum atomic E-state index is -1.92. The number of benzene rings is 2. The van der Waals surface area contributed by atoms with Gasteiger partial charge in [0, 0.05) is 16.3 Å². The molecule has 3 aromatic rings. The van der Waals surface area contributed by atoms with Gasteiger partial charge in [0.15, 0.2) is 5.43 Å². The van der Waals surface area contributed by atoms with Crippen molar-refractivity contribution in [1.29, 1.82) is 0 Å². The number of hydrogen-bond donors (Lipinski definition) is 1. The highest BCUT2D eigenvalue weighted by Crippen LogP contribution is 2.37. The topological polar surface area (TPSA) is 42.1 Å². The first-order valence-electron chi connectivity index (χ1n) is 7.93. The number of aromatic nitrogens is 1. The molecule has 0 amide bonds. The number of rotatable bonds is 2. The van der Waals surface area contributed by atoms with Gasteiger partial charge in [0.05, 0.1) is 5.52 Å². The molecule has 0 fully saturated rings. The largest absolute Gasteiger partial charge is 0.543 e. The fraction of sp³-hybridized carbons (Fsp3) is 0.316. The van der Waals surface area contributed by atoms with Gasteiger partial charge in [-0.05, 0) is 48.5 Å². The fourth-order valence-corrected chi connectivity index (χ4v) is 3.43. The van der Waals surface area contributed by atoms with Crippen molar-refractivity contribution in [3.8, 4) is 5.75 Å². The summed E-state index contributed by atoms with van der Waals surface area (Å²) in [4.78, 5) is 16.1. The first-order valence-corrected chi connectivity index (χ1v) is 10.8. The van der Waals surface area contributed by atoms with E-state index in [2.05, 4.69) is 38.8 Å². The molecule has 0 atom stereocenters. The minimum Gasteiger partial charge on any atom is -0.543 e. The lowest BCUT2D eigenvalue weighted by Crippen LogP contribution is -2.43. The number of hydrogen-bond acceptors (Lipinski definition) is 2. The van der Waals surface area contributed by atoms with Gasteiger partial charge in [-0.2, -0.15) is 0 Å². The maximum absolute atomic E-state index is 12.7. The molecule has 3 nitrogen and oxygen atoms in total. The summed E-state index contributed by atoms with van der Waals surface area (Å²) in [5.74, 6) is 0.782. The second-order valence-electron chi connectivity index (χ2n) is 7.57. The van der Waals surface area contributed by atoms with Crippen molar-refractivity contribution in [2.24, 2.45) is 0 Å². The predicted molar refractivity (Wildman–Crippen MR) is 99.9 cm³/mol. The van der Waals surface area contributed by atoms with Crippen LogP contribution < -0.4 is 9.85 Å². The van der Waals surface area contributed by atoms with Crippen molar-refractivity contribution in [3.63, 3.8) is 0 Å². The molecule has 0 radical (unpaired) electrons. The molecule has 4 heteroatoms. The van der Waals surface area contributed by atoms with Gasteiger partial charge in [0.25, 0.3) is 0 Å². The Morgan fingerprint density at radius 1 is 0.957 bits per heavy atom. The second-order valence-corrected chi connectivity index (χ2v) is 12.3. The zero-order valence-electron chi connectivity index (χ0n) is 14.4. The molecule has 120 valence electrons. The average Bonchev–Trinajstić information content (AvgIpc) is 2.47. The molecule has 2 aromatic carbocycles. The number of nitrogens with one attached hydrogen (secondary N) is 1. The van der Waals surface area contributed by atoms with Gasteiger partial charge in [-0.1, -0.05) is 32.9 Å². The van der Waals surface area contributed by atoms with E-state index in [1.807, 2.05) is 42.5 Å². The van der Waals surface area contributed by atoms with Crippen LogP contribution in [-0.2, 0) is 0 Å². The quantitative estimate of drug-likeness (QED) is 0.528. The first-order chi connectivity index (χ1) is 10.7. The highest BCUT2D eigenvalue weighted by Gasteiger charge is 2.39. The second kappa shape index (κ2) is 5.23. The van der Waals surface area contributed by atoms with Crippen molar-refractivity contribution >= 4 is 30.1 Å². The Kier molecular flexibility index (Phi) is 3.60. The van der Waals surface area contributed by atoms with E-state index in [4.69, 9.17) is 4.43 Å². The summed E-state index contributed by atoms with van der Waals surface area (Å²) in [6, 6.07) is 13.4. The van der Waals surface area contributed by atoms with E-state index in [1.54, 1.807) is 0 Å². The minimum absolute atomic E-state index is 0.0510. The van der Waals surface area contributed by atoms with E-state index in [-0.39, 0.29) is 10.5 Å². The highest BCUT2D eigenvalue weighted by atomic mass is 28.4. The standard InChI is InChI=1S/C19H23NO2Si/c1-19(2,3)23(4,5)22-13-10-11-17-15(12-13)18(21)14-8-6-7-9-16(14)20-17/h6-12H,1-5H3,(H,20,21). The van der Waals surface area contributed by atoms with Crippen LogP contribution in [0.5, 0.6) is 5.75 Å². The Hall–Kier alpha value is -2.07. The van der Waals surface area contributed by atoms with Gasteiger partial charge < -0.3 is 9.41 Å². The maximum Gasteiger partial charge on any atom is 0.250 e. The summed E-state index contributed by atoms with van der Waals surface area (Å²) in [5, 5.41) is 1.52. The summed E-state index contributed by atoms with van der Waals surface area (Å²) in [6.45, 7) is 11.0. The first kappa shape index (κ1) is 15.8. The molecule has 0 aliphatic rings. The molecule has 0 bridgehead atoms. The Labute approximate surface area is 137 Å². The highest BCUT2D eigenvalue weighted by molar-refractivity contribution is 6.74. The molecule has 0 aliphatic heterocycles. The lowest BCUT2D eigenvalue weighted by molar-refractivity contribution is 0.493. The van der Waals surface area contributed by atoms with Crippen molar-refractivity contribution in [2.45, 2.75) is 38.9 Å². The maximum atomic E-state index is 12.7. The number of aromatic amines is 1. The molecule has 1 aromatic heterocycles. The van der Waals surface area contributed by atoms with E-state index >= 15 is 0 Å². The summed E-state index contributed by atoms with van der Waals surface area (Å²) < 4.78 is 6.33. The third-order valence-electron chi connectivity index (χ3n) is 4.86. The monoisotopic (exact) mass is 325 g/mol. The molecule has 0 aliphatic carbocycles. The predicted octanol–water partition coefficient (Wildman–Crippen LogP) is 5.07. The van der Waals surface area contributed by atoms with Crippen molar-refractivity contribution in [3.05, 3.63) is 52.7 Å². The van der Waals surface area contributed by atoms with Gasteiger partial charge in [0.2, 0.25) is 8.32 Å². The molecule has 1 heterocycles. The van der Waals surface area contributed by atoms with Gasteiger partial charge in [-0.15, -0.1) is 0 Å². The van der Waals surface area contributed by atoms with Crippen LogP contribution in [0.25, 0.3) is 21.8 Å². The van der Waals surface area contributed by atoms with Crippen LogP contribution in [0.15, 0.2) is 47.3 Å². The number of pyridine rings is 1. The summed E-state index contributed by atoms with van der Waals surface area (Å²) in [7, 11) is -1.92. The normalized spacial score (nSPS) is 12.7. The smallest absolute Gasteiger partial charge is 0.250 e. The lowest BCUT2D eigenvalue weighted by Gasteiger charge is -2.36. The van der Waals surface area contributed by atoms with Gasteiger partial charge in [0.1, 0.15) is 5.75 Å². The Bertz CT molecular complexity index is 935. The Balaban J connectivity index is 2.14. The summed E-state index contributed by atoms with van der Waals surface area (Å²) >= 11 is 0. The van der Waals surface area contributed by atoms with E-state index in [1.165, 1.54) is 0 Å². The van der Waals surface area contributed by atoms with E-state index in [0.717, 1.165) is 16.8 Å². The van der Waals surface area contributed by atoms with Crippen molar-refractivity contribution in [1.82, 2.24) is 4.98 Å². The molecule has 0 unspecified atom stereocenters. The Morgan fingerprint density at radius 3 is 2.30 bits per heavy atom. The summed E-state index contributed by atoms with van der Waals surface area (Å²) in [5.41, 5.74) is 1.76. The molecule has 23 heavy (non-hydrogen) atoms. The molecule has 0 saturated heterocycles. The number of para-hydroxylation sites is 1. The van der Waals surface area contributed by atoms with Crippen LogP contribution in [-0.4, -0.2) is 13.3 Å². The van der Waals surface area contributed by atoms with Crippen LogP contribution in [0, 0.1) is 0 Å². The van der Waals surface area contributed by atoms with Crippen LogP contribution in [0.1, 0.15) is 20.8 Å². The van der Waals surface area contributed by atoms with Crippen LogP contribution in [0.4, 0.5) is 0 Å². The molecule has 3 rings (SSSR count). The number of H-pyrrole nitrogens is 1. The van der Waals surface area contributed by atoms with Crippen molar-refractivity contribution < 1.29 is 4.43 Å². The SMILES string of the molecule is CC(C)(C)[Si](C)(C)Oc1ccc2[nH]c3ccccc3c(=O)c2c1.